The summed E-state index contributed by atoms with van der Waals surface area (Å²) in [4.78, 5) is 0. The maximum atomic E-state index is 14.3. The summed E-state index contributed by atoms with van der Waals surface area (Å²) in [6, 6.07) is 3.11. The number of hydrogen-bond acceptors (Lipinski definition) is 1. The Bertz CT molecular complexity index is 370. The molecule has 0 heterocycles. The molecule has 16 heavy (non-hydrogen) atoms. The summed E-state index contributed by atoms with van der Waals surface area (Å²) in [7, 11) is 0. The molecule has 0 aromatic heterocycles. The first-order valence-corrected chi connectivity index (χ1v) is 5.37. The van der Waals surface area contributed by atoms with Gasteiger partial charge in [0.25, 0.3) is 0 Å². The second-order valence-electron chi connectivity index (χ2n) is 4.47. The van der Waals surface area contributed by atoms with Crippen molar-refractivity contribution >= 4 is 0 Å². The van der Waals surface area contributed by atoms with Crippen molar-refractivity contribution < 1.29 is 13.2 Å². The Hall–Kier alpha value is -1.03. The number of nitrogens with two attached hydrogens (primary N) is 1. The number of rotatable bonds is 4. The number of alkyl halides is 1. The molecule has 0 saturated heterocycles. The summed E-state index contributed by atoms with van der Waals surface area (Å²) in [5.74, 6) is -1.40. The fraction of sp³-hybridized carbons (Fsp3) is 0.500. The van der Waals surface area contributed by atoms with Crippen LogP contribution in [0.3, 0.4) is 0 Å². The largest absolute Gasteiger partial charge is 0.328 e. The lowest BCUT2D eigenvalue weighted by atomic mass is 9.91. The van der Waals surface area contributed by atoms with Crippen molar-refractivity contribution in [1.29, 1.82) is 0 Å². The van der Waals surface area contributed by atoms with E-state index >= 15 is 0 Å². The van der Waals surface area contributed by atoms with Gasteiger partial charge >= 0.3 is 0 Å². The van der Waals surface area contributed by atoms with E-state index in [9.17, 15) is 13.2 Å². The molecule has 1 atom stereocenters. The van der Waals surface area contributed by atoms with Crippen LogP contribution in [0.25, 0.3) is 0 Å². The highest BCUT2D eigenvalue weighted by molar-refractivity contribution is 5.21. The molecule has 88 valence electrons. The number of halogens is 3. The molecule has 1 unspecified atom stereocenters. The third-order valence-corrected chi connectivity index (χ3v) is 3.07. The average Bonchev–Trinajstić information content (AvgIpc) is 2.98. The van der Waals surface area contributed by atoms with Gasteiger partial charge in [-0.1, -0.05) is 0 Å². The fourth-order valence-electron chi connectivity index (χ4n) is 2.04. The molecule has 1 aromatic carbocycles. The van der Waals surface area contributed by atoms with Gasteiger partial charge in [0.15, 0.2) is 0 Å². The fourth-order valence-corrected chi connectivity index (χ4v) is 2.04. The first kappa shape index (κ1) is 11.5. The lowest BCUT2D eigenvalue weighted by Crippen LogP contribution is -2.37. The Labute approximate surface area is 92.5 Å². The molecular weight excluding hydrogens is 215 g/mol. The third-order valence-electron chi connectivity index (χ3n) is 3.07. The van der Waals surface area contributed by atoms with Crippen LogP contribution in [0, 0.1) is 17.6 Å². The first-order valence-electron chi connectivity index (χ1n) is 5.37. The van der Waals surface area contributed by atoms with Crippen LogP contribution >= 0.6 is 0 Å². The van der Waals surface area contributed by atoms with Gasteiger partial charge in [0, 0.05) is 19.0 Å². The second-order valence-corrected chi connectivity index (χ2v) is 4.47. The molecule has 0 bridgehead atoms. The standard InChI is InChI=1S/C12H14F3N/c13-10-3-8(4-11(14)5-10)6-12(15,7-16)9-1-2-9/h3-5,9H,1-2,6-7,16H2. The maximum absolute atomic E-state index is 14.3. The monoisotopic (exact) mass is 229 g/mol. The smallest absolute Gasteiger partial charge is 0.130 e. The molecule has 0 spiro atoms. The lowest BCUT2D eigenvalue weighted by molar-refractivity contribution is 0.142. The van der Waals surface area contributed by atoms with Crippen LogP contribution in [0.1, 0.15) is 18.4 Å². The molecule has 2 N–H and O–H groups in total. The van der Waals surface area contributed by atoms with Crippen LogP contribution in [-0.4, -0.2) is 12.2 Å². The predicted octanol–water partition coefficient (Wildman–Crippen LogP) is 2.58. The minimum atomic E-state index is -1.51. The molecule has 1 fully saturated rings. The van der Waals surface area contributed by atoms with E-state index in [0.717, 1.165) is 31.0 Å². The van der Waals surface area contributed by atoms with Crippen LogP contribution < -0.4 is 5.73 Å². The molecule has 2 rings (SSSR count). The zero-order valence-electron chi connectivity index (χ0n) is 8.85. The van der Waals surface area contributed by atoms with Gasteiger partial charge in [-0.15, -0.1) is 0 Å². The van der Waals surface area contributed by atoms with Crippen molar-refractivity contribution in [1.82, 2.24) is 0 Å². The van der Waals surface area contributed by atoms with Crippen molar-refractivity contribution in [2.24, 2.45) is 11.7 Å². The quantitative estimate of drug-likeness (QED) is 0.843. The SMILES string of the molecule is NCC(F)(Cc1cc(F)cc(F)c1)C1CC1. The highest BCUT2D eigenvalue weighted by Crippen LogP contribution is 2.43. The van der Waals surface area contributed by atoms with Gasteiger partial charge in [-0.2, -0.15) is 0 Å². The van der Waals surface area contributed by atoms with Crippen molar-refractivity contribution in [2.75, 3.05) is 6.54 Å². The van der Waals surface area contributed by atoms with E-state index in [0.29, 0.717) is 5.56 Å². The van der Waals surface area contributed by atoms with E-state index in [4.69, 9.17) is 5.73 Å². The molecule has 0 radical (unpaired) electrons. The Kier molecular flexibility index (Phi) is 2.93. The Morgan fingerprint density at radius 2 is 1.75 bits per heavy atom. The highest BCUT2D eigenvalue weighted by atomic mass is 19.1. The molecule has 1 saturated carbocycles. The molecule has 1 aliphatic rings. The van der Waals surface area contributed by atoms with Crippen LogP contribution in [0.5, 0.6) is 0 Å². The molecule has 1 aromatic rings. The topological polar surface area (TPSA) is 26.0 Å². The van der Waals surface area contributed by atoms with Gasteiger partial charge in [0.2, 0.25) is 0 Å². The van der Waals surface area contributed by atoms with Crippen LogP contribution in [0.15, 0.2) is 18.2 Å². The Morgan fingerprint density at radius 1 is 1.19 bits per heavy atom. The van der Waals surface area contributed by atoms with E-state index in [-0.39, 0.29) is 18.9 Å². The summed E-state index contributed by atoms with van der Waals surface area (Å²) in [6.45, 7) is -0.101. The number of hydrogen-bond donors (Lipinski definition) is 1. The van der Waals surface area contributed by atoms with Gasteiger partial charge in [0.05, 0.1) is 0 Å². The summed E-state index contributed by atoms with van der Waals surface area (Å²) < 4.78 is 40.1. The summed E-state index contributed by atoms with van der Waals surface area (Å²) in [6.07, 6.45) is 1.61. The first-order chi connectivity index (χ1) is 7.53. The molecule has 1 aliphatic carbocycles. The zero-order chi connectivity index (χ0) is 11.8. The molecule has 1 nitrogen and oxygen atoms in total. The van der Waals surface area contributed by atoms with E-state index in [2.05, 4.69) is 0 Å². The van der Waals surface area contributed by atoms with Gasteiger partial charge < -0.3 is 5.73 Å². The van der Waals surface area contributed by atoms with E-state index in [1.807, 2.05) is 0 Å². The van der Waals surface area contributed by atoms with Crippen LogP contribution in [0.4, 0.5) is 13.2 Å². The van der Waals surface area contributed by atoms with Gasteiger partial charge in [-0.3, -0.25) is 0 Å². The molecule has 0 amide bonds. The van der Waals surface area contributed by atoms with Gasteiger partial charge in [-0.25, -0.2) is 13.2 Å². The second kappa shape index (κ2) is 4.09. The summed E-state index contributed by atoms with van der Waals surface area (Å²) in [5, 5.41) is 0. The van der Waals surface area contributed by atoms with Crippen molar-refractivity contribution in [3.8, 4) is 0 Å². The van der Waals surface area contributed by atoms with E-state index in [1.54, 1.807) is 0 Å². The average molecular weight is 229 g/mol. The Morgan fingerprint density at radius 3 is 2.19 bits per heavy atom. The molecular formula is C12H14F3N. The summed E-state index contributed by atoms with van der Waals surface area (Å²) >= 11 is 0. The van der Waals surface area contributed by atoms with Crippen LogP contribution in [0.2, 0.25) is 0 Å². The van der Waals surface area contributed by atoms with Crippen LogP contribution in [-0.2, 0) is 6.42 Å². The van der Waals surface area contributed by atoms with Crippen molar-refractivity contribution in [2.45, 2.75) is 24.9 Å². The zero-order valence-corrected chi connectivity index (χ0v) is 8.85. The maximum Gasteiger partial charge on any atom is 0.130 e. The summed E-state index contributed by atoms with van der Waals surface area (Å²) in [5.41, 5.74) is 4.23. The number of benzene rings is 1. The minimum Gasteiger partial charge on any atom is -0.328 e. The normalized spacial score (nSPS) is 19.5. The van der Waals surface area contributed by atoms with Crippen molar-refractivity contribution in [3.63, 3.8) is 0 Å². The highest BCUT2D eigenvalue weighted by Gasteiger charge is 2.44. The molecule has 0 aliphatic heterocycles. The third kappa shape index (κ3) is 2.38. The van der Waals surface area contributed by atoms with Crippen molar-refractivity contribution in [3.05, 3.63) is 35.4 Å². The van der Waals surface area contributed by atoms with E-state index < -0.39 is 17.3 Å². The molecule has 4 heteroatoms. The van der Waals surface area contributed by atoms with Gasteiger partial charge in [-0.05, 0) is 36.5 Å². The minimum absolute atomic E-state index is 0.0111. The predicted molar refractivity (Wildman–Crippen MR) is 55.7 cm³/mol. The lowest BCUT2D eigenvalue weighted by Gasteiger charge is -2.23. The Balaban J connectivity index is 2.18. The van der Waals surface area contributed by atoms with E-state index in [1.165, 1.54) is 0 Å². The van der Waals surface area contributed by atoms with Gasteiger partial charge in [0.1, 0.15) is 17.3 Å².